The van der Waals surface area contributed by atoms with Gasteiger partial charge >= 0.3 is 0 Å². The fraction of sp³-hybridized carbons (Fsp3) is 0.412. The molecule has 6 heteroatoms. The zero-order chi connectivity index (χ0) is 17.0. The van der Waals surface area contributed by atoms with Gasteiger partial charge in [-0.05, 0) is 44.7 Å². The predicted molar refractivity (Wildman–Crippen MR) is 93.9 cm³/mol. The lowest BCUT2D eigenvalue weighted by molar-refractivity contribution is 0.482. The summed E-state index contributed by atoms with van der Waals surface area (Å²) in [6, 6.07) is 7.43. The van der Waals surface area contributed by atoms with Gasteiger partial charge in [-0.25, -0.2) is 0 Å². The number of rotatable bonds is 5. The predicted octanol–water partition coefficient (Wildman–Crippen LogP) is 5.50. The van der Waals surface area contributed by atoms with E-state index in [4.69, 9.17) is 5.73 Å². The number of azo groups is 2. The normalized spacial score (nSPS) is 13.6. The van der Waals surface area contributed by atoms with Crippen molar-refractivity contribution < 1.29 is 5.11 Å². The van der Waals surface area contributed by atoms with Gasteiger partial charge in [0.1, 0.15) is 11.4 Å². The van der Waals surface area contributed by atoms with Crippen molar-refractivity contribution in [3.8, 4) is 5.75 Å². The van der Waals surface area contributed by atoms with E-state index in [1.165, 1.54) is 0 Å². The van der Waals surface area contributed by atoms with Crippen LogP contribution >= 0.6 is 0 Å². The lowest BCUT2D eigenvalue weighted by Crippen LogP contribution is -1.93. The molecule has 3 N–H and O–H groups in total. The van der Waals surface area contributed by atoms with Gasteiger partial charge in [-0.3, -0.25) is 0 Å². The van der Waals surface area contributed by atoms with Crippen LogP contribution in [0.5, 0.6) is 5.75 Å². The number of hydrogen-bond acceptors (Lipinski definition) is 6. The van der Waals surface area contributed by atoms with Crippen molar-refractivity contribution in [1.82, 2.24) is 0 Å². The van der Waals surface area contributed by atoms with E-state index in [1.54, 1.807) is 12.1 Å². The number of nitrogens with two attached hydrogens (primary N) is 1. The first kappa shape index (κ1) is 16.9. The molecule has 0 bridgehead atoms. The zero-order valence-corrected chi connectivity index (χ0v) is 14.0. The summed E-state index contributed by atoms with van der Waals surface area (Å²) in [5, 5.41) is 28.4. The largest absolute Gasteiger partial charge is 0.505 e. The molecule has 0 amide bonds. The van der Waals surface area contributed by atoms with Gasteiger partial charge in [0.25, 0.3) is 0 Å². The lowest BCUT2D eigenvalue weighted by atomic mass is 10.1. The van der Waals surface area contributed by atoms with Crippen LogP contribution in [-0.4, -0.2) is 17.2 Å². The summed E-state index contributed by atoms with van der Waals surface area (Å²) in [5.41, 5.74) is 7.53. The Morgan fingerprint density at radius 1 is 1.00 bits per heavy atom. The third-order valence-corrected chi connectivity index (χ3v) is 3.50. The lowest BCUT2D eigenvalue weighted by Gasteiger charge is -2.09. The number of phenols is 1. The van der Waals surface area contributed by atoms with Crippen LogP contribution in [0.4, 0.5) is 17.1 Å². The minimum Gasteiger partial charge on any atom is -0.505 e. The van der Waals surface area contributed by atoms with Crippen LogP contribution in [0.1, 0.15) is 34.1 Å². The number of anilines is 1. The maximum absolute atomic E-state index is 10.5. The molecule has 1 atom stereocenters. The molecule has 0 aliphatic rings. The van der Waals surface area contributed by atoms with Gasteiger partial charge in [0.2, 0.25) is 0 Å². The molecule has 2 aromatic rings. The summed E-state index contributed by atoms with van der Waals surface area (Å²) >= 11 is 0. The van der Waals surface area contributed by atoms with Gasteiger partial charge in [0, 0.05) is 0 Å². The third-order valence-electron chi connectivity index (χ3n) is 3.50. The quantitative estimate of drug-likeness (QED) is 0.563. The summed E-state index contributed by atoms with van der Waals surface area (Å²) in [6.45, 7) is 7.88. The van der Waals surface area contributed by atoms with Gasteiger partial charge in [-0.15, -0.1) is 0 Å². The van der Waals surface area contributed by atoms with Crippen LogP contribution in [0.2, 0.25) is 0 Å². The van der Waals surface area contributed by atoms with Crippen LogP contribution in [0.25, 0.3) is 10.8 Å². The summed E-state index contributed by atoms with van der Waals surface area (Å²) in [5.74, 6) is 0.0185. The molecular weight excluding hydrogens is 290 g/mol. The van der Waals surface area contributed by atoms with Gasteiger partial charge in [-0.1, -0.05) is 19.1 Å². The van der Waals surface area contributed by atoms with E-state index < -0.39 is 0 Å². The van der Waals surface area contributed by atoms with Crippen LogP contribution in [0.3, 0.4) is 0 Å². The second kappa shape index (κ2) is 7.17. The number of fused-ring (bicyclic) bond motifs is 1. The number of phenolic OH excluding ortho intramolecular Hbond substituents is 1. The standard InChI is InChI=1S/C17H23N5O/c1-5-11(4)20-21-13-8-6-12-7-9-14(22-19-10(2)3)17(23)15(12)16(13)18/h6-11,23H,5,18H2,1-4H3. The molecule has 2 aromatic carbocycles. The average Bonchev–Trinajstić information content (AvgIpc) is 2.52. The number of hydrogen-bond donors (Lipinski definition) is 2. The number of aromatic hydroxyl groups is 1. The Labute approximate surface area is 136 Å². The summed E-state index contributed by atoms with van der Waals surface area (Å²) in [7, 11) is 0. The second-order valence-electron chi connectivity index (χ2n) is 5.81. The number of nitrogens with zero attached hydrogens (tertiary/aromatic N) is 4. The Kier molecular flexibility index (Phi) is 5.26. The Morgan fingerprint density at radius 2 is 1.61 bits per heavy atom. The Bertz CT molecular complexity index is 752. The fourth-order valence-electron chi connectivity index (χ4n) is 1.99. The van der Waals surface area contributed by atoms with Crippen LogP contribution in [0.15, 0.2) is 44.7 Å². The van der Waals surface area contributed by atoms with Crippen molar-refractivity contribution in [2.24, 2.45) is 20.5 Å². The minimum absolute atomic E-state index is 0.0185. The molecular formula is C17H23N5O. The highest BCUT2D eigenvalue weighted by atomic mass is 16.3. The molecule has 0 saturated heterocycles. The van der Waals surface area contributed by atoms with E-state index in [1.807, 2.05) is 39.8 Å². The maximum Gasteiger partial charge on any atom is 0.153 e. The zero-order valence-electron chi connectivity index (χ0n) is 14.0. The third kappa shape index (κ3) is 3.83. The molecule has 0 spiro atoms. The molecule has 23 heavy (non-hydrogen) atoms. The van der Waals surface area contributed by atoms with Gasteiger partial charge in [0.05, 0.1) is 23.2 Å². The van der Waals surface area contributed by atoms with Crippen LogP contribution in [-0.2, 0) is 0 Å². The van der Waals surface area contributed by atoms with E-state index in [9.17, 15) is 5.11 Å². The van der Waals surface area contributed by atoms with E-state index in [0.29, 0.717) is 22.4 Å². The van der Waals surface area contributed by atoms with Gasteiger partial charge < -0.3 is 10.8 Å². The molecule has 0 saturated carbocycles. The molecule has 0 heterocycles. The highest BCUT2D eigenvalue weighted by molar-refractivity contribution is 6.04. The molecule has 0 aliphatic carbocycles. The Morgan fingerprint density at radius 3 is 2.22 bits per heavy atom. The molecule has 0 fully saturated rings. The van der Waals surface area contributed by atoms with Gasteiger partial charge in [0.15, 0.2) is 5.75 Å². The number of nitrogen functional groups attached to an aromatic ring is 1. The highest BCUT2D eigenvalue weighted by Gasteiger charge is 2.12. The van der Waals surface area contributed by atoms with Crippen LogP contribution in [0, 0.1) is 0 Å². The molecule has 0 radical (unpaired) electrons. The van der Waals surface area contributed by atoms with Crippen molar-refractivity contribution in [1.29, 1.82) is 0 Å². The molecule has 0 aromatic heterocycles. The maximum atomic E-state index is 10.5. The molecule has 122 valence electrons. The molecule has 2 rings (SSSR count). The van der Waals surface area contributed by atoms with Gasteiger partial charge in [-0.2, -0.15) is 20.5 Å². The van der Waals surface area contributed by atoms with Crippen LogP contribution < -0.4 is 5.73 Å². The minimum atomic E-state index is 0.0185. The Balaban J connectivity index is 2.53. The van der Waals surface area contributed by atoms with Crippen molar-refractivity contribution in [2.75, 3.05) is 5.73 Å². The van der Waals surface area contributed by atoms with E-state index in [0.717, 1.165) is 11.8 Å². The van der Waals surface area contributed by atoms with E-state index in [-0.39, 0.29) is 17.8 Å². The fourth-order valence-corrected chi connectivity index (χ4v) is 1.99. The first-order valence-electron chi connectivity index (χ1n) is 7.79. The van der Waals surface area contributed by atoms with E-state index >= 15 is 0 Å². The first-order chi connectivity index (χ1) is 10.9. The second-order valence-corrected chi connectivity index (χ2v) is 5.81. The SMILES string of the molecule is CCC(C)N=Nc1ccc2ccc(N=NC(C)C)c(O)c2c1N. The molecule has 1 unspecified atom stereocenters. The topological polar surface area (TPSA) is 95.7 Å². The van der Waals surface area contributed by atoms with E-state index in [2.05, 4.69) is 20.5 Å². The highest BCUT2D eigenvalue weighted by Crippen LogP contribution is 2.41. The monoisotopic (exact) mass is 313 g/mol. The smallest absolute Gasteiger partial charge is 0.153 e. The Hall–Kier alpha value is -2.50. The number of benzene rings is 2. The average molecular weight is 313 g/mol. The summed E-state index contributed by atoms with van der Waals surface area (Å²) in [6.07, 6.45) is 0.905. The van der Waals surface area contributed by atoms with Crippen molar-refractivity contribution in [3.05, 3.63) is 24.3 Å². The first-order valence-corrected chi connectivity index (χ1v) is 7.79. The molecule has 0 aliphatic heterocycles. The molecule has 6 nitrogen and oxygen atoms in total. The summed E-state index contributed by atoms with van der Waals surface area (Å²) in [4.78, 5) is 0. The van der Waals surface area contributed by atoms with Crippen molar-refractivity contribution >= 4 is 27.8 Å². The van der Waals surface area contributed by atoms with Crippen molar-refractivity contribution in [3.63, 3.8) is 0 Å². The van der Waals surface area contributed by atoms with Crippen molar-refractivity contribution in [2.45, 2.75) is 46.2 Å². The summed E-state index contributed by atoms with van der Waals surface area (Å²) < 4.78 is 0.